The Morgan fingerprint density at radius 1 is 0.765 bits per heavy atom. The van der Waals surface area contributed by atoms with Crippen LogP contribution in [0.2, 0.25) is 0 Å². The molecule has 0 spiro atoms. The summed E-state index contributed by atoms with van der Waals surface area (Å²) in [6.45, 7) is 0. The van der Waals surface area contributed by atoms with Crippen molar-refractivity contribution in [2.24, 2.45) is 4.22 Å². The van der Waals surface area contributed by atoms with Crippen LogP contribution < -0.4 is 4.22 Å². The van der Waals surface area contributed by atoms with Crippen LogP contribution in [0.25, 0.3) is 33.0 Å². The molecular weight excluding hydrogens is 493 g/mol. The minimum absolute atomic E-state index is 0.542. The Kier molecular flexibility index (Phi) is 6.12. The van der Waals surface area contributed by atoms with Crippen LogP contribution in [0.15, 0.2) is 72.8 Å². The summed E-state index contributed by atoms with van der Waals surface area (Å²) in [4.78, 5) is 0. The molecule has 172 valence electrons. The van der Waals surface area contributed by atoms with E-state index in [4.69, 9.17) is 22.8 Å². The fourth-order valence-corrected chi connectivity index (χ4v) is 8.78. The molecular formula is C30H29Cl2NTi. The van der Waals surface area contributed by atoms with Crippen molar-refractivity contribution in [1.82, 2.24) is 0 Å². The van der Waals surface area contributed by atoms with Crippen LogP contribution >= 0.6 is 18.6 Å². The molecule has 0 heterocycles. The second-order valence-electron chi connectivity index (χ2n) is 9.98. The molecule has 1 fully saturated rings. The van der Waals surface area contributed by atoms with Crippen LogP contribution in [-0.4, -0.2) is 0 Å². The first-order valence-corrected chi connectivity index (χ1v) is 18.7. The molecule has 4 aromatic carbocycles. The van der Waals surface area contributed by atoms with Crippen molar-refractivity contribution >= 4 is 29.4 Å². The summed E-state index contributed by atoms with van der Waals surface area (Å²) in [6.07, 6.45) is 7.33. The summed E-state index contributed by atoms with van der Waals surface area (Å²) < 4.78 is 7.07. The van der Waals surface area contributed by atoms with E-state index in [0.717, 1.165) is 6.42 Å². The Balaban J connectivity index is 1.64. The second kappa shape index (κ2) is 9.12. The predicted octanol–water partition coefficient (Wildman–Crippen LogP) is 8.96. The fraction of sp³-hybridized carbons (Fsp3) is 0.267. The summed E-state index contributed by atoms with van der Waals surface area (Å²) in [6, 6.07) is 26.8. The summed E-state index contributed by atoms with van der Waals surface area (Å²) in [5.74, 6) is 0.542. The topological polar surface area (TPSA) is 26.0 Å². The van der Waals surface area contributed by atoms with Gasteiger partial charge < -0.3 is 0 Å². The molecule has 2 aliphatic rings. The zero-order valence-electron chi connectivity index (χ0n) is 19.3. The molecule has 4 heteroatoms. The van der Waals surface area contributed by atoms with Crippen LogP contribution in [0.3, 0.4) is 0 Å². The molecule has 0 radical (unpaired) electrons. The van der Waals surface area contributed by atoms with Gasteiger partial charge in [0.05, 0.1) is 0 Å². The fourth-order valence-electron chi connectivity index (χ4n) is 6.35. The van der Waals surface area contributed by atoms with Gasteiger partial charge in [0.1, 0.15) is 0 Å². The number of benzene rings is 4. The van der Waals surface area contributed by atoms with Gasteiger partial charge in [-0.3, -0.25) is 0 Å². The normalized spacial score (nSPS) is 16.0. The first kappa shape index (κ1) is 22.8. The Labute approximate surface area is 213 Å². The van der Waals surface area contributed by atoms with Gasteiger partial charge in [-0.05, 0) is 0 Å². The maximum atomic E-state index is 6.71. The van der Waals surface area contributed by atoms with Gasteiger partial charge in [-0.15, -0.1) is 0 Å². The Hall–Kier alpha value is -1.61. The maximum absolute atomic E-state index is 6.71. The summed E-state index contributed by atoms with van der Waals surface area (Å²) in [7, 11) is 13.4. The van der Waals surface area contributed by atoms with E-state index in [1.165, 1.54) is 87.4 Å². The number of fused-ring (bicyclic) bond motifs is 4. The molecule has 2 aliphatic carbocycles. The van der Waals surface area contributed by atoms with E-state index < -0.39 is 14.7 Å². The number of hydrogen-bond acceptors (Lipinski definition) is 1. The molecule has 0 bridgehead atoms. The molecule has 4 aromatic rings. The Bertz CT molecular complexity index is 1380. The third-order valence-electron chi connectivity index (χ3n) is 7.77. The SMILES string of the molecule is [NH2][Ti]([Cl])([Cl])[CH2]c1c(-c2cccc3c2Cc2ccccc2-3)cc2ccccc2c1C1CCCCC1. The van der Waals surface area contributed by atoms with E-state index in [2.05, 4.69) is 72.8 Å². The van der Waals surface area contributed by atoms with Crippen LogP contribution in [0.1, 0.15) is 60.3 Å². The van der Waals surface area contributed by atoms with E-state index in [9.17, 15) is 0 Å². The third kappa shape index (κ3) is 4.17. The van der Waals surface area contributed by atoms with Crippen molar-refractivity contribution in [3.63, 3.8) is 0 Å². The van der Waals surface area contributed by atoms with Crippen molar-refractivity contribution in [2.75, 3.05) is 0 Å². The molecule has 6 rings (SSSR count). The van der Waals surface area contributed by atoms with Gasteiger partial charge in [-0.2, -0.15) is 0 Å². The van der Waals surface area contributed by atoms with Crippen LogP contribution in [0.5, 0.6) is 0 Å². The monoisotopic (exact) mass is 521 g/mol. The molecule has 0 unspecified atom stereocenters. The summed E-state index contributed by atoms with van der Waals surface area (Å²) >= 11 is -3.44. The van der Waals surface area contributed by atoms with E-state index in [1.54, 1.807) is 0 Å². The molecule has 1 nitrogen and oxygen atoms in total. The van der Waals surface area contributed by atoms with Crippen molar-refractivity contribution in [1.29, 1.82) is 0 Å². The summed E-state index contributed by atoms with van der Waals surface area (Å²) in [5.41, 5.74) is 10.9. The van der Waals surface area contributed by atoms with Crippen molar-refractivity contribution in [2.45, 2.75) is 49.2 Å². The molecule has 0 aliphatic heterocycles. The van der Waals surface area contributed by atoms with E-state index in [1.807, 2.05) is 0 Å². The van der Waals surface area contributed by atoms with Gasteiger partial charge in [0, 0.05) is 0 Å². The van der Waals surface area contributed by atoms with Gasteiger partial charge in [0.2, 0.25) is 0 Å². The molecule has 2 N–H and O–H groups in total. The zero-order chi connectivity index (χ0) is 23.3. The molecule has 0 amide bonds. The van der Waals surface area contributed by atoms with Crippen LogP contribution in [-0.2, 0) is 25.9 Å². The van der Waals surface area contributed by atoms with Gasteiger partial charge in [0.25, 0.3) is 0 Å². The zero-order valence-corrected chi connectivity index (χ0v) is 22.4. The second-order valence-corrected chi connectivity index (χ2v) is 19.3. The quantitative estimate of drug-likeness (QED) is 0.234. The Morgan fingerprint density at radius 3 is 2.24 bits per heavy atom. The molecule has 34 heavy (non-hydrogen) atoms. The number of rotatable bonds is 4. The Morgan fingerprint density at radius 2 is 1.44 bits per heavy atom. The summed E-state index contributed by atoms with van der Waals surface area (Å²) in [5, 5.41) is 2.65. The van der Waals surface area contributed by atoms with Gasteiger partial charge in [-0.1, -0.05) is 0 Å². The number of nitrogens with two attached hydrogens (primary N) is 1. The predicted molar refractivity (Wildman–Crippen MR) is 143 cm³/mol. The van der Waals surface area contributed by atoms with Crippen LogP contribution in [0.4, 0.5) is 0 Å². The van der Waals surface area contributed by atoms with E-state index in [-0.39, 0.29) is 0 Å². The third-order valence-corrected chi connectivity index (χ3v) is 10.2. The van der Waals surface area contributed by atoms with Gasteiger partial charge in [-0.25, -0.2) is 0 Å². The van der Waals surface area contributed by atoms with Crippen molar-refractivity contribution in [3.8, 4) is 22.3 Å². The van der Waals surface area contributed by atoms with Gasteiger partial charge >= 0.3 is 215 Å². The molecule has 1 saturated carbocycles. The minimum atomic E-state index is -3.44. The van der Waals surface area contributed by atoms with Gasteiger partial charge in [0.15, 0.2) is 0 Å². The molecule has 0 aromatic heterocycles. The van der Waals surface area contributed by atoms with E-state index in [0.29, 0.717) is 10.6 Å². The van der Waals surface area contributed by atoms with Crippen molar-refractivity contribution in [3.05, 3.63) is 95.1 Å². The standard InChI is InChI=1S/C30H27.2ClH.H2N.Ti/c1-20-28(27-17-9-16-26-24-14-7-5-12-22(24)19-29(26)27)18-23-13-6-8-15-25(23)30(20)21-10-3-2-4-11-21;;;;/h5-9,12-18,21H,1-4,10-11,19H2;2*1H;1H2;/q;;;-1;+3/p-2. The average molecular weight is 522 g/mol. The van der Waals surface area contributed by atoms with Crippen molar-refractivity contribution < 1.29 is 14.7 Å². The molecule has 0 atom stereocenters. The number of halogens is 2. The van der Waals surface area contributed by atoms with Crippen LogP contribution in [0, 0.1) is 0 Å². The number of hydrogen-bond donors (Lipinski definition) is 1. The first-order chi connectivity index (χ1) is 16.5. The average Bonchev–Trinajstić information content (AvgIpc) is 3.22. The van der Waals surface area contributed by atoms with E-state index >= 15 is 0 Å². The molecule has 0 saturated heterocycles. The first-order valence-electron chi connectivity index (χ1n) is 12.4.